The summed E-state index contributed by atoms with van der Waals surface area (Å²) in [5, 5.41) is 19.9. The van der Waals surface area contributed by atoms with Gasteiger partial charge in [0.15, 0.2) is 0 Å². The van der Waals surface area contributed by atoms with Crippen LogP contribution in [0.2, 0.25) is 5.02 Å². The van der Waals surface area contributed by atoms with E-state index < -0.39 is 0 Å². The Morgan fingerprint density at radius 3 is 2.69 bits per heavy atom. The molecule has 2 N–H and O–H groups in total. The fourth-order valence-corrected chi connectivity index (χ4v) is 4.45. The van der Waals surface area contributed by atoms with E-state index in [1.807, 2.05) is 18.2 Å². The molecule has 7 heteroatoms. The number of aromatic nitrogens is 1. The molecule has 1 fully saturated rings. The summed E-state index contributed by atoms with van der Waals surface area (Å²) >= 11 is 5.86. The van der Waals surface area contributed by atoms with Crippen molar-refractivity contribution in [3.63, 3.8) is 0 Å². The quantitative estimate of drug-likeness (QED) is 0.585. The average Bonchev–Trinajstić information content (AvgIpc) is 3.29. The van der Waals surface area contributed by atoms with Gasteiger partial charge in [-0.1, -0.05) is 29.8 Å². The van der Waals surface area contributed by atoms with Gasteiger partial charge in [0.1, 0.15) is 11.5 Å². The van der Waals surface area contributed by atoms with Crippen LogP contribution >= 0.6 is 11.6 Å². The van der Waals surface area contributed by atoms with Crippen LogP contribution in [0.25, 0.3) is 11.1 Å². The molecule has 2 aromatic carbocycles. The van der Waals surface area contributed by atoms with Gasteiger partial charge in [0.25, 0.3) is 5.91 Å². The number of likely N-dealkylation sites (tertiary alicyclic amines) is 1. The first-order valence-electron chi connectivity index (χ1n) is 10.5. The Labute approximate surface area is 191 Å². The highest BCUT2D eigenvalue weighted by atomic mass is 35.5. The number of hydrogen-bond acceptors (Lipinski definition) is 4. The topological polar surface area (TPSA) is 73.7 Å². The number of benzene rings is 2. The zero-order valence-electron chi connectivity index (χ0n) is 17.5. The van der Waals surface area contributed by atoms with Crippen molar-refractivity contribution in [1.82, 2.24) is 9.88 Å². The lowest BCUT2D eigenvalue weighted by atomic mass is 9.89. The van der Waals surface area contributed by atoms with E-state index in [0.717, 1.165) is 34.2 Å². The second-order valence-corrected chi connectivity index (χ2v) is 8.38. The van der Waals surface area contributed by atoms with Crippen molar-refractivity contribution >= 4 is 17.5 Å². The Morgan fingerprint density at radius 2 is 1.97 bits per heavy atom. The predicted molar refractivity (Wildman–Crippen MR) is 121 cm³/mol. The predicted octanol–water partition coefficient (Wildman–Crippen LogP) is 4.20. The first-order chi connectivity index (χ1) is 15.5. The summed E-state index contributed by atoms with van der Waals surface area (Å²) in [6.45, 7) is 0.944. The van der Waals surface area contributed by atoms with Crippen LogP contribution in [0, 0.1) is 5.82 Å². The summed E-state index contributed by atoms with van der Waals surface area (Å²) in [6.07, 6.45) is 2.60. The fraction of sp³-hybridized carbons (Fsp3) is 0.280. The molecule has 1 aromatic heterocycles. The van der Waals surface area contributed by atoms with Crippen LogP contribution in [0.3, 0.4) is 0 Å². The third-order valence-corrected chi connectivity index (χ3v) is 6.16. The summed E-state index contributed by atoms with van der Waals surface area (Å²) in [6, 6.07) is 13.6. The molecule has 1 aliphatic heterocycles. The van der Waals surface area contributed by atoms with Crippen molar-refractivity contribution in [1.29, 1.82) is 0 Å². The smallest absolute Gasteiger partial charge is 0.272 e. The van der Waals surface area contributed by atoms with Crippen LogP contribution in [0.4, 0.5) is 4.39 Å². The lowest BCUT2D eigenvalue weighted by Crippen LogP contribution is -2.29. The maximum atomic E-state index is 13.7. The lowest BCUT2D eigenvalue weighted by molar-refractivity contribution is 0.0785. The zero-order valence-corrected chi connectivity index (χ0v) is 18.2. The van der Waals surface area contributed by atoms with Gasteiger partial charge in [-0.2, -0.15) is 0 Å². The highest BCUT2D eigenvalue weighted by Gasteiger charge is 2.30. The number of pyridine rings is 1. The van der Waals surface area contributed by atoms with Crippen molar-refractivity contribution < 1.29 is 19.4 Å². The summed E-state index contributed by atoms with van der Waals surface area (Å²) in [5.41, 5.74) is 4.56. The molecule has 0 aliphatic carbocycles. The van der Waals surface area contributed by atoms with Crippen LogP contribution in [-0.4, -0.2) is 45.7 Å². The molecular weight excluding hydrogens is 431 g/mol. The molecule has 0 unspecified atom stereocenters. The molecule has 166 valence electrons. The molecule has 0 radical (unpaired) electrons. The standard InChI is InChI=1S/C25H24ClFN2O3/c26-20-2-6-24(28-13-20)25(32)29-9-7-18(14-29)23-4-1-16(11-19(23)15-31)22-5-3-21(27)12-17(22)8-10-30/h1-6,11-13,18,30-31H,7-10,14-15H2/t18-/m1/s1. The lowest BCUT2D eigenvalue weighted by Gasteiger charge is -2.19. The minimum atomic E-state index is -0.345. The first kappa shape index (κ1) is 22.4. The first-order valence-corrected chi connectivity index (χ1v) is 10.9. The second-order valence-electron chi connectivity index (χ2n) is 7.95. The van der Waals surface area contributed by atoms with Gasteiger partial charge in [0, 0.05) is 31.8 Å². The Bertz CT molecular complexity index is 1120. The number of nitrogens with zero attached hydrogens (tertiary/aromatic N) is 2. The van der Waals surface area contributed by atoms with E-state index in [2.05, 4.69) is 4.98 Å². The molecule has 4 rings (SSSR count). The molecule has 5 nitrogen and oxygen atoms in total. The van der Waals surface area contributed by atoms with Crippen LogP contribution in [0.1, 0.15) is 39.5 Å². The van der Waals surface area contributed by atoms with Crippen LogP contribution in [-0.2, 0) is 13.0 Å². The Hall–Kier alpha value is -2.80. The minimum Gasteiger partial charge on any atom is -0.396 e. The van der Waals surface area contributed by atoms with Crippen LogP contribution in [0.5, 0.6) is 0 Å². The SMILES string of the molecule is O=C(c1ccc(Cl)cn1)N1CC[C@@H](c2ccc(-c3ccc(F)cc3CCO)cc2CO)C1. The van der Waals surface area contributed by atoms with E-state index in [1.165, 1.54) is 18.3 Å². The number of carbonyl (C=O) groups is 1. The summed E-state index contributed by atoms with van der Waals surface area (Å²) in [5.74, 6) is -0.374. The number of halogens is 2. The fourth-order valence-electron chi connectivity index (χ4n) is 4.34. The van der Waals surface area contributed by atoms with Crippen LogP contribution < -0.4 is 0 Å². The van der Waals surface area contributed by atoms with E-state index in [-0.39, 0.29) is 30.9 Å². The Balaban J connectivity index is 1.57. The van der Waals surface area contributed by atoms with Gasteiger partial charge in [-0.25, -0.2) is 9.37 Å². The highest BCUT2D eigenvalue weighted by Crippen LogP contribution is 2.34. The molecule has 0 bridgehead atoms. The Morgan fingerprint density at radius 1 is 1.12 bits per heavy atom. The minimum absolute atomic E-state index is 0.0736. The molecule has 3 aromatic rings. The molecule has 1 atom stereocenters. The van der Waals surface area contributed by atoms with Crippen molar-refractivity contribution in [3.8, 4) is 11.1 Å². The van der Waals surface area contributed by atoms with Gasteiger partial charge in [0.05, 0.1) is 11.6 Å². The van der Waals surface area contributed by atoms with E-state index in [4.69, 9.17) is 11.6 Å². The van der Waals surface area contributed by atoms with Gasteiger partial charge in [-0.3, -0.25) is 4.79 Å². The Kier molecular flexibility index (Phi) is 6.84. The monoisotopic (exact) mass is 454 g/mol. The average molecular weight is 455 g/mol. The third kappa shape index (κ3) is 4.67. The molecule has 32 heavy (non-hydrogen) atoms. The van der Waals surface area contributed by atoms with Gasteiger partial charge < -0.3 is 15.1 Å². The molecule has 1 saturated heterocycles. The molecular formula is C25H24ClFN2O3. The number of amides is 1. The number of rotatable bonds is 6. The zero-order chi connectivity index (χ0) is 22.7. The molecule has 1 aliphatic rings. The van der Waals surface area contributed by atoms with E-state index >= 15 is 0 Å². The number of hydrogen-bond donors (Lipinski definition) is 2. The number of aliphatic hydroxyl groups is 2. The molecule has 0 spiro atoms. The summed E-state index contributed by atoms with van der Waals surface area (Å²) in [7, 11) is 0. The van der Waals surface area contributed by atoms with Gasteiger partial charge in [-0.15, -0.1) is 0 Å². The number of aliphatic hydroxyl groups excluding tert-OH is 2. The summed E-state index contributed by atoms with van der Waals surface area (Å²) in [4.78, 5) is 18.7. The van der Waals surface area contributed by atoms with Crippen molar-refractivity contribution in [2.45, 2.75) is 25.4 Å². The van der Waals surface area contributed by atoms with Gasteiger partial charge >= 0.3 is 0 Å². The van der Waals surface area contributed by atoms with Crippen molar-refractivity contribution in [2.75, 3.05) is 19.7 Å². The number of carbonyl (C=O) groups excluding carboxylic acids is 1. The molecule has 0 saturated carbocycles. The highest BCUT2D eigenvalue weighted by molar-refractivity contribution is 6.30. The van der Waals surface area contributed by atoms with Gasteiger partial charge in [0.2, 0.25) is 0 Å². The van der Waals surface area contributed by atoms with Gasteiger partial charge in [-0.05, 0) is 71.0 Å². The second kappa shape index (κ2) is 9.77. The van der Waals surface area contributed by atoms with E-state index in [9.17, 15) is 19.4 Å². The molecule has 1 amide bonds. The maximum Gasteiger partial charge on any atom is 0.272 e. The third-order valence-electron chi connectivity index (χ3n) is 5.93. The van der Waals surface area contributed by atoms with Crippen molar-refractivity contribution in [3.05, 3.63) is 88.0 Å². The molecule has 2 heterocycles. The van der Waals surface area contributed by atoms with E-state index in [1.54, 1.807) is 23.1 Å². The van der Waals surface area contributed by atoms with E-state index in [0.29, 0.717) is 30.2 Å². The largest absolute Gasteiger partial charge is 0.396 e. The van der Waals surface area contributed by atoms with Crippen molar-refractivity contribution in [2.24, 2.45) is 0 Å². The normalized spacial score (nSPS) is 15.9. The van der Waals surface area contributed by atoms with Crippen LogP contribution in [0.15, 0.2) is 54.7 Å². The maximum absolute atomic E-state index is 13.7. The summed E-state index contributed by atoms with van der Waals surface area (Å²) < 4.78 is 13.7.